The third-order valence-electron chi connectivity index (χ3n) is 5.00. The maximum atomic E-state index is 12.5. The smallest absolute Gasteiger partial charge is 0.267 e. The molecule has 0 radical (unpaired) electrons. The van der Waals surface area contributed by atoms with Crippen molar-refractivity contribution < 1.29 is 28.3 Å². The van der Waals surface area contributed by atoms with Gasteiger partial charge in [-0.1, -0.05) is 11.8 Å². The number of rotatable bonds is 6. The summed E-state index contributed by atoms with van der Waals surface area (Å²) in [4.78, 5) is 24.4. The number of benzene rings is 1. The fourth-order valence-corrected chi connectivity index (χ4v) is 3.15. The van der Waals surface area contributed by atoms with Crippen molar-refractivity contribution in [2.24, 2.45) is 11.8 Å². The van der Waals surface area contributed by atoms with Gasteiger partial charge in [0.05, 0.1) is 4.75 Å². The second-order valence-electron chi connectivity index (χ2n) is 7.39. The third kappa shape index (κ3) is 4.90. The summed E-state index contributed by atoms with van der Waals surface area (Å²) >= 11 is 0. The van der Waals surface area contributed by atoms with Crippen LogP contribution in [0, 0.1) is 23.7 Å². The van der Waals surface area contributed by atoms with Crippen LogP contribution in [0.1, 0.15) is 36.2 Å². The van der Waals surface area contributed by atoms with E-state index in [0.29, 0.717) is 5.56 Å². The fourth-order valence-electron chi connectivity index (χ4n) is 2.56. The first-order chi connectivity index (χ1) is 13.0. The van der Waals surface area contributed by atoms with Crippen LogP contribution in [-0.4, -0.2) is 54.2 Å². The first-order valence-corrected chi connectivity index (χ1v) is 10.6. The topological polar surface area (TPSA) is 133 Å². The molecular formula is C19H24N2O6S. The zero-order valence-corrected chi connectivity index (χ0v) is 16.7. The zero-order chi connectivity index (χ0) is 21.1. The van der Waals surface area contributed by atoms with Gasteiger partial charge in [-0.05, 0) is 50.5 Å². The predicted octanol–water partition coefficient (Wildman–Crippen LogP) is 0.0935. The number of amides is 2. The van der Waals surface area contributed by atoms with Crippen molar-refractivity contribution in [3.8, 4) is 11.8 Å². The SMILES string of the molecule is CC(C)([C@H](NC(=O)c1ccc(C#C[C@H]2C[C@@H]2CO)cc1)C(=O)NO)S(C)(=O)=O. The van der Waals surface area contributed by atoms with E-state index in [2.05, 4.69) is 17.2 Å². The molecule has 1 aliphatic carbocycles. The highest BCUT2D eigenvalue weighted by molar-refractivity contribution is 7.92. The van der Waals surface area contributed by atoms with Crippen molar-refractivity contribution in [1.29, 1.82) is 0 Å². The van der Waals surface area contributed by atoms with Crippen molar-refractivity contribution in [3.05, 3.63) is 35.4 Å². The van der Waals surface area contributed by atoms with Crippen LogP contribution in [0.25, 0.3) is 0 Å². The van der Waals surface area contributed by atoms with E-state index in [1.807, 2.05) is 0 Å². The Balaban J connectivity index is 2.14. The van der Waals surface area contributed by atoms with E-state index in [4.69, 9.17) is 10.3 Å². The van der Waals surface area contributed by atoms with Crippen LogP contribution in [0.4, 0.5) is 0 Å². The van der Waals surface area contributed by atoms with E-state index in [9.17, 15) is 18.0 Å². The molecule has 0 unspecified atom stereocenters. The number of sulfone groups is 1. The Morgan fingerprint density at radius 2 is 1.89 bits per heavy atom. The van der Waals surface area contributed by atoms with Gasteiger partial charge in [0.1, 0.15) is 6.04 Å². The lowest BCUT2D eigenvalue weighted by Crippen LogP contribution is -2.60. The summed E-state index contributed by atoms with van der Waals surface area (Å²) in [6.45, 7) is 2.71. The number of aliphatic hydroxyl groups is 1. The molecule has 4 N–H and O–H groups in total. The van der Waals surface area contributed by atoms with E-state index >= 15 is 0 Å². The van der Waals surface area contributed by atoms with Crippen LogP contribution >= 0.6 is 0 Å². The minimum absolute atomic E-state index is 0.130. The monoisotopic (exact) mass is 408 g/mol. The van der Waals surface area contributed by atoms with Gasteiger partial charge >= 0.3 is 0 Å². The molecule has 1 fully saturated rings. The molecule has 1 aromatic rings. The van der Waals surface area contributed by atoms with Crippen LogP contribution in [0.2, 0.25) is 0 Å². The van der Waals surface area contributed by atoms with Gasteiger partial charge in [-0.15, -0.1) is 0 Å². The Morgan fingerprint density at radius 1 is 1.29 bits per heavy atom. The molecule has 9 heteroatoms. The molecule has 28 heavy (non-hydrogen) atoms. The Labute approximate surface area is 164 Å². The van der Waals surface area contributed by atoms with E-state index in [0.717, 1.165) is 12.7 Å². The molecule has 0 spiro atoms. The second kappa shape index (κ2) is 8.31. The normalized spacial score (nSPS) is 19.8. The molecule has 0 aliphatic heterocycles. The predicted molar refractivity (Wildman–Crippen MR) is 102 cm³/mol. The zero-order valence-electron chi connectivity index (χ0n) is 15.9. The van der Waals surface area contributed by atoms with Gasteiger partial charge in [0.25, 0.3) is 11.8 Å². The fraction of sp³-hybridized carbons (Fsp3) is 0.474. The summed E-state index contributed by atoms with van der Waals surface area (Å²) < 4.78 is 22.4. The second-order valence-corrected chi connectivity index (χ2v) is 9.99. The molecule has 0 aromatic heterocycles. The van der Waals surface area contributed by atoms with Gasteiger partial charge in [0, 0.05) is 29.9 Å². The van der Waals surface area contributed by atoms with E-state index in [1.54, 1.807) is 12.1 Å². The van der Waals surface area contributed by atoms with Crippen molar-refractivity contribution in [2.75, 3.05) is 12.9 Å². The van der Waals surface area contributed by atoms with E-state index in [1.165, 1.54) is 31.5 Å². The maximum Gasteiger partial charge on any atom is 0.267 e. The Hall–Kier alpha value is -2.41. The molecule has 0 bridgehead atoms. The van der Waals surface area contributed by atoms with Gasteiger partial charge in [0.2, 0.25) is 0 Å². The van der Waals surface area contributed by atoms with Crippen molar-refractivity contribution in [3.63, 3.8) is 0 Å². The highest BCUT2D eigenvalue weighted by atomic mass is 32.2. The lowest BCUT2D eigenvalue weighted by atomic mass is 10.0. The summed E-state index contributed by atoms with van der Waals surface area (Å²) in [6.07, 6.45) is 1.83. The standard InChI is InChI=1S/C19H24N2O6S/c1-19(2,28(3,26)27)16(18(24)21-25)20-17(23)13-7-4-12(5-8-13)6-9-14-10-15(14)11-22/h4-5,7-8,14-16,22,25H,10-11H2,1-3H3,(H,20,23)(H,21,24)/t14-,15+,16+/m0/s1. The Bertz CT molecular complexity index is 912. The van der Waals surface area contributed by atoms with Gasteiger partial charge in [0.15, 0.2) is 9.84 Å². The van der Waals surface area contributed by atoms with Gasteiger partial charge in [-0.25, -0.2) is 13.9 Å². The molecule has 2 rings (SSSR count). The molecule has 1 aromatic carbocycles. The number of hydroxylamine groups is 1. The molecule has 2 amide bonds. The summed E-state index contributed by atoms with van der Waals surface area (Å²) in [5.41, 5.74) is 2.31. The van der Waals surface area contributed by atoms with Crippen LogP contribution in [-0.2, 0) is 14.6 Å². The highest BCUT2D eigenvalue weighted by Gasteiger charge is 2.44. The number of carbonyl (C=O) groups is 2. The summed E-state index contributed by atoms with van der Waals surface area (Å²) in [5.74, 6) is 4.78. The first-order valence-electron chi connectivity index (χ1n) is 8.68. The quantitative estimate of drug-likeness (QED) is 0.300. The average molecular weight is 408 g/mol. The highest BCUT2D eigenvalue weighted by Crippen LogP contribution is 2.37. The lowest BCUT2D eigenvalue weighted by Gasteiger charge is -2.31. The van der Waals surface area contributed by atoms with Gasteiger partial charge < -0.3 is 10.4 Å². The minimum Gasteiger partial charge on any atom is -0.396 e. The summed E-state index contributed by atoms with van der Waals surface area (Å²) in [6, 6.07) is 4.81. The minimum atomic E-state index is -3.73. The van der Waals surface area contributed by atoms with E-state index in [-0.39, 0.29) is 24.0 Å². The van der Waals surface area contributed by atoms with Gasteiger partial charge in [-0.2, -0.15) is 0 Å². The van der Waals surface area contributed by atoms with Gasteiger partial charge in [-0.3, -0.25) is 14.8 Å². The summed E-state index contributed by atoms with van der Waals surface area (Å²) in [7, 11) is -3.73. The molecule has 0 heterocycles. The Morgan fingerprint density at radius 3 is 2.36 bits per heavy atom. The Kier molecular flexibility index (Phi) is 6.49. The third-order valence-corrected chi connectivity index (χ3v) is 7.15. The first kappa shape index (κ1) is 21.9. The molecule has 1 aliphatic rings. The van der Waals surface area contributed by atoms with Crippen LogP contribution < -0.4 is 10.8 Å². The molecule has 1 saturated carbocycles. The largest absolute Gasteiger partial charge is 0.396 e. The van der Waals surface area contributed by atoms with Crippen LogP contribution in [0.5, 0.6) is 0 Å². The maximum absolute atomic E-state index is 12.5. The molecule has 0 saturated heterocycles. The number of carbonyl (C=O) groups excluding carboxylic acids is 2. The number of hydrogen-bond acceptors (Lipinski definition) is 6. The number of hydrogen-bond donors (Lipinski definition) is 4. The van der Waals surface area contributed by atoms with Crippen LogP contribution in [0.3, 0.4) is 0 Å². The van der Waals surface area contributed by atoms with Crippen molar-refractivity contribution >= 4 is 21.7 Å². The van der Waals surface area contributed by atoms with Crippen LogP contribution in [0.15, 0.2) is 24.3 Å². The van der Waals surface area contributed by atoms with E-state index < -0.39 is 32.4 Å². The van der Waals surface area contributed by atoms with Crippen molar-refractivity contribution in [2.45, 2.75) is 31.1 Å². The molecule has 3 atom stereocenters. The molecule has 8 nitrogen and oxygen atoms in total. The molecule has 152 valence electrons. The molecular weight excluding hydrogens is 384 g/mol. The lowest BCUT2D eigenvalue weighted by molar-refractivity contribution is -0.131. The van der Waals surface area contributed by atoms with Crippen molar-refractivity contribution in [1.82, 2.24) is 10.8 Å². The number of aliphatic hydroxyl groups excluding tert-OH is 1. The number of nitrogens with one attached hydrogen (secondary N) is 2. The summed E-state index contributed by atoms with van der Waals surface area (Å²) in [5, 5.41) is 20.3. The average Bonchev–Trinajstić information content (AvgIpc) is 3.41.